The third kappa shape index (κ3) is 3.96. The van der Waals surface area contributed by atoms with Gasteiger partial charge < -0.3 is 15.7 Å². The molecule has 0 spiro atoms. The Hall–Kier alpha value is -2.45. The predicted molar refractivity (Wildman–Crippen MR) is 107 cm³/mol. The second-order valence-electron chi connectivity index (χ2n) is 6.58. The van der Waals surface area contributed by atoms with E-state index in [1.54, 1.807) is 6.20 Å². The number of benzene rings is 1. The van der Waals surface area contributed by atoms with Crippen molar-refractivity contribution in [2.75, 3.05) is 18.5 Å². The number of rotatable bonds is 7. The van der Waals surface area contributed by atoms with Crippen LogP contribution in [0, 0.1) is 0 Å². The highest BCUT2D eigenvalue weighted by molar-refractivity contribution is 9.10. The predicted octanol–water partition coefficient (Wildman–Crippen LogP) is 2.85. The van der Waals surface area contributed by atoms with Crippen molar-refractivity contribution in [1.29, 1.82) is 0 Å². The molecule has 1 fully saturated rings. The number of nitrogens with one attached hydrogen (secondary N) is 2. The maximum Gasteiger partial charge on any atom is 0.251 e. The Balaban J connectivity index is 1.62. The fourth-order valence-electron chi connectivity index (χ4n) is 2.87. The van der Waals surface area contributed by atoms with Crippen molar-refractivity contribution in [3.05, 3.63) is 46.8 Å². The third-order valence-corrected chi connectivity index (χ3v) is 4.83. The summed E-state index contributed by atoms with van der Waals surface area (Å²) in [6.07, 6.45) is 6.44. The van der Waals surface area contributed by atoms with Crippen LogP contribution in [0.2, 0.25) is 0 Å². The van der Waals surface area contributed by atoms with E-state index in [0.29, 0.717) is 40.6 Å². The zero-order chi connectivity index (χ0) is 18.8. The molecule has 7 nitrogen and oxygen atoms in total. The number of anilines is 1. The topological polar surface area (TPSA) is 91.5 Å². The van der Waals surface area contributed by atoms with Crippen LogP contribution in [-0.2, 0) is 0 Å². The van der Waals surface area contributed by atoms with Gasteiger partial charge in [-0.05, 0) is 47.3 Å². The molecule has 0 bridgehead atoms. The highest BCUT2D eigenvalue weighted by Gasteiger charge is 2.23. The maximum atomic E-state index is 12.2. The lowest BCUT2D eigenvalue weighted by Crippen LogP contribution is -2.25. The fourth-order valence-corrected chi connectivity index (χ4v) is 3.25. The molecule has 3 aromatic rings. The highest BCUT2D eigenvalue weighted by Crippen LogP contribution is 2.26. The largest absolute Gasteiger partial charge is 0.396 e. The molecule has 1 aliphatic rings. The monoisotopic (exact) mass is 429 g/mol. The molecule has 0 saturated heterocycles. The van der Waals surface area contributed by atoms with Crippen LogP contribution in [0.4, 0.5) is 5.82 Å². The van der Waals surface area contributed by atoms with Crippen molar-refractivity contribution in [3.63, 3.8) is 0 Å². The molecule has 1 amide bonds. The Morgan fingerprint density at radius 3 is 2.78 bits per heavy atom. The number of aliphatic hydroxyl groups excluding tert-OH is 1. The Morgan fingerprint density at radius 1 is 1.30 bits per heavy atom. The van der Waals surface area contributed by atoms with Crippen LogP contribution in [0.5, 0.6) is 0 Å². The van der Waals surface area contributed by atoms with Crippen molar-refractivity contribution in [2.24, 2.45) is 0 Å². The summed E-state index contributed by atoms with van der Waals surface area (Å²) in [6, 6.07) is 7.88. The molecule has 0 atom stereocenters. The van der Waals surface area contributed by atoms with E-state index < -0.39 is 0 Å². The number of aliphatic hydroxyl groups is 1. The van der Waals surface area contributed by atoms with Gasteiger partial charge in [-0.3, -0.25) is 9.20 Å². The van der Waals surface area contributed by atoms with Gasteiger partial charge in [0.2, 0.25) is 0 Å². The maximum absolute atomic E-state index is 12.2. The summed E-state index contributed by atoms with van der Waals surface area (Å²) in [5, 5.41) is 15.2. The van der Waals surface area contributed by atoms with Gasteiger partial charge in [0.15, 0.2) is 11.5 Å². The summed E-state index contributed by atoms with van der Waals surface area (Å²) in [5.41, 5.74) is 3.24. The average Bonchev–Trinajstić information content (AvgIpc) is 3.38. The summed E-state index contributed by atoms with van der Waals surface area (Å²) >= 11 is 3.44. The molecule has 8 heteroatoms. The van der Waals surface area contributed by atoms with Gasteiger partial charge >= 0.3 is 0 Å². The number of carbonyl (C=O) groups is 1. The summed E-state index contributed by atoms with van der Waals surface area (Å²) in [5.74, 6) is 0.633. The summed E-state index contributed by atoms with van der Waals surface area (Å²) in [7, 11) is 0. The van der Waals surface area contributed by atoms with Crippen LogP contribution >= 0.6 is 15.9 Å². The number of hydrogen-bond acceptors (Lipinski definition) is 5. The first-order valence-electron chi connectivity index (χ1n) is 8.95. The fraction of sp³-hybridized carbons (Fsp3) is 0.316. The van der Waals surface area contributed by atoms with Gasteiger partial charge in [0.05, 0.1) is 11.9 Å². The first-order chi connectivity index (χ1) is 13.2. The molecule has 0 unspecified atom stereocenters. The number of fused-ring (bicyclic) bond motifs is 1. The first kappa shape index (κ1) is 17.9. The highest BCUT2D eigenvalue weighted by atomic mass is 79.9. The lowest BCUT2D eigenvalue weighted by atomic mass is 10.1. The number of carbonyl (C=O) groups excluding carboxylic acids is 1. The summed E-state index contributed by atoms with van der Waals surface area (Å²) in [4.78, 5) is 21.1. The van der Waals surface area contributed by atoms with Crippen LogP contribution in [0.15, 0.2) is 41.3 Å². The standard InChI is InChI=1S/C19H20BrN5O2/c20-16-11-25-15(10-22-18(25)17(24-16)21-8-1-9-26)12-2-4-13(5-3-12)19(27)23-14-6-7-14/h2-5,10-11,14,26H,1,6-9H2,(H,21,24)(H,23,27). The van der Waals surface area contributed by atoms with Crippen molar-refractivity contribution in [3.8, 4) is 11.3 Å². The summed E-state index contributed by atoms with van der Waals surface area (Å²) < 4.78 is 2.64. The minimum absolute atomic E-state index is 0.0236. The molecule has 0 radical (unpaired) electrons. The van der Waals surface area contributed by atoms with Crippen LogP contribution in [0.3, 0.4) is 0 Å². The molecule has 4 rings (SSSR count). The minimum Gasteiger partial charge on any atom is -0.396 e. The van der Waals surface area contributed by atoms with E-state index in [-0.39, 0.29) is 12.5 Å². The van der Waals surface area contributed by atoms with E-state index in [9.17, 15) is 4.79 Å². The Labute approximate surface area is 165 Å². The molecule has 1 saturated carbocycles. The zero-order valence-corrected chi connectivity index (χ0v) is 16.2. The molecule has 140 valence electrons. The van der Waals surface area contributed by atoms with Crippen LogP contribution in [-0.4, -0.2) is 44.6 Å². The minimum atomic E-state index is -0.0236. The van der Waals surface area contributed by atoms with E-state index in [1.807, 2.05) is 34.9 Å². The molecule has 3 N–H and O–H groups in total. The Morgan fingerprint density at radius 2 is 2.07 bits per heavy atom. The number of halogens is 1. The van der Waals surface area contributed by atoms with Gasteiger partial charge in [0, 0.05) is 36.5 Å². The molecule has 1 aromatic carbocycles. The van der Waals surface area contributed by atoms with E-state index in [2.05, 4.69) is 36.5 Å². The van der Waals surface area contributed by atoms with Gasteiger partial charge in [-0.25, -0.2) is 9.97 Å². The molecule has 2 aromatic heterocycles. The van der Waals surface area contributed by atoms with Crippen LogP contribution in [0.25, 0.3) is 16.9 Å². The molecule has 1 aliphatic carbocycles. The summed E-state index contributed by atoms with van der Waals surface area (Å²) in [6.45, 7) is 0.736. The second kappa shape index (κ2) is 7.66. The van der Waals surface area contributed by atoms with Crippen LogP contribution < -0.4 is 10.6 Å². The molecule has 27 heavy (non-hydrogen) atoms. The number of imidazole rings is 1. The van der Waals surface area contributed by atoms with Crippen molar-refractivity contribution in [2.45, 2.75) is 25.3 Å². The third-order valence-electron chi connectivity index (χ3n) is 4.45. The van der Waals surface area contributed by atoms with Gasteiger partial charge in [0.25, 0.3) is 5.91 Å². The number of hydrogen-bond donors (Lipinski definition) is 3. The number of nitrogens with zero attached hydrogens (tertiary/aromatic N) is 3. The van der Waals surface area contributed by atoms with Crippen LogP contribution in [0.1, 0.15) is 29.6 Å². The lowest BCUT2D eigenvalue weighted by Gasteiger charge is -2.09. The Kier molecular flexibility index (Phi) is 5.09. The van der Waals surface area contributed by atoms with Gasteiger partial charge in [-0.1, -0.05) is 12.1 Å². The number of amides is 1. The van der Waals surface area contributed by atoms with Crippen molar-refractivity contribution in [1.82, 2.24) is 19.7 Å². The van der Waals surface area contributed by atoms with E-state index in [4.69, 9.17) is 5.11 Å². The number of aromatic nitrogens is 3. The van der Waals surface area contributed by atoms with E-state index >= 15 is 0 Å². The zero-order valence-electron chi connectivity index (χ0n) is 14.7. The SMILES string of the molecule is O=C(NC1CC1)c1ccc(-c2cnc3c(NCCCO)nc(Br)cn23)cc1. The van der Waals surface area contributed by atoms with Gasteiger partial charge in [0.1, 0.15) is 4.60 Å². The average molecular weight is 430 g/mol. The van der Waals surface area contributed by atoms with Gasteiger partial charge in [-0.15, -0.1) is 0 Å². The lowest BCUT2D eigenvalue weighted by molar-refractivity contribution is 0.0951. The first-order valence-corrected chi connectivity index (χ1v) is 9.74. The van der Waals surface area contributed by atoms with Crippen molar-refractivity contribution < 1.29 is 9.90 Å². The normalized spacial score (nSPS) is 13.7. The van der Waals surface area contributed by atoms with Gasteiger partial charge in [-0.2, -0.15) is 0 Å². The second-order valence-corrected chi connectivity index (χ2v) is 7.39. The van der Waals surface area contributed by atoms with E-state index in [0.717, 1.165) is 24.1 Å². The molecular weight excluding hydrogens is 410 g/mol. The molecule has 2 heterocycles. The quantitative estimate of drug-likeness (QED) is 0.502. The molecular formula is C19H20BrN5O2. The molecule has 0 aliphatic heterocycles. The van der Waals surface area contributed by atoms with E-state index in [1.165, 1.54) is 0 Å². The van der Waals surface area contributed by atoms with Crippen molar-refractivity contribution >= 4 is 33.3 Å². The Bertz CT molecular complexity index is 966. The smallest absolute Gasteiger partial charge is 0.251 e.